The predicted molar refractivity (Wildman–Crippen MR) is 139 cm³/mol. The largest absolute Gasteiger partial charge is 0.487 e. The van der Waals surface area contributed by atoms with E-state index in [4.69, 9.17) is 4.74 Å². The van der Waals surface area contributed by atoms with Gasteiger partial charge in [0.25, 0.3) is 17.5 Å². The summed E-state index contributed by atoms with van der Waals surface area (Å²) in [6, 6.07) is 15.3. The zero-order valence-electron chi connectivity index (χ0n) is 18.7. The molecule has 0 spiro atoms. The van der Waals surface area contributed by atoms with E-state index in [1.807, 2.05) is 31.2 Å². The fourth-order valence-corrected chi connectivity index (χ4v) is 4.90. The molecule has 9 nitrogen and oxygen atoms in total. The van der Waals surface area contributed by atoms with Crippen molar-refractivity contribution >= 4 is 67.2 Å². The predicted octanol–water partition coefficient (Wildman–Crippen LogP) is 5.67. The molecule has 182 valence electrons. The number of benzene rings is 3. The molecule has 1 N–H and O–H groups in total. The smallest absolute Gasteiger partial charge is 0.335 e. The van der Waals surface area contributed by atoms with Crippen LogP contribution in [0, 0.1) is 17.0 Å². The first-order valence-corrected chi connectivity index (χ1v) is 12.1. The van der Waals surface area contributed by atoms with Crippen molar-refractivity contribution in [1.82, 2.24) is 5.32 Å². The number of nitro groups is 1. The van der Waals surface area contributed by atoms with Gasteiger partial charge in [0, 0.05) is 12.1 Å². The monoisotopic (exact) mass is 613 g/mol. The Morgan fingerprint density at radius 1 is 1.03 bits per heavy atom. The van der Waals surface area contributed by atoms with Crippen LogP contribution in [-0.2, 0) is 16.2 Å². The summed E-state index contributed by atoms with van der Waals surface area (Å²) in [4.78, 5) is 49.1. The van der Waals surface area contributed by atoms with E-state index in [0.717, 1.165) is 17.2 Å². The molecule has 0 radical (unpaired) electrons. The number of imide groups is 2. The molecule has 4 rings (SSSR count). The van der Waals surface area contributed by atoms with Gasteiger partial charge in [-0.1, -0.05) is 35.9 Å². The number of nitrogens with one attached hydrogen (secondary N) is 1. The molecule has 11 heteroatoms. The topological polar surface area (TPSA) is 119 Å². The molecule has 1 aliphatic heterocycles. The molecule has 3 aromatic rings. The summed E-state index contributed by atoms with van der Waals surface area (Å²) in [6.45, 7) is 2.33. The molecule has 1 fully saturated rings. The van der Waals surface area contributed by atoms with Crippen LogP contribution in [0.15, 0.2) is 75.2 Å². The van der Waals surface area contributed by atoms with E-state index in [-0.39, 0.29) is 16.9 Å². The van der Waals surface area contributed by atoms with Crippen molar-refractivity contribution in [1.29, 1.82) is 0 Å². The Balaban J connectivity index is 1.61. The molecule has 1 saturated heterocycles. The van der Waals surface area contributed by atoms with Crippen molar-refractivity contribution in [3.8, 4) is 5.75 Å². The number of barbiturate groups is 1. The van der Waals surface area contributed by atoms with Crippen molar-refractivity contribution in [2.75, 3.05) is 4.90 Å². The van der Waals surface area contributed by atoms with E-state index in [1.54, 1.807) is 12.1 Å². The fourth-order valence-electron chi connectivity index (χ4n) is 3.44. The Kier molecular flexibility index (Phi) is 7.32. The Labute approximate surface area is 222 Å². The molecule has 1 aliphatic rings. The molecule has 1 heterocycles. The summed E-state index contributed by atoms with van der Waals surface area (Å²) in [5, 5.41) is 13.2. The van der Waals surface area contributed by atoms with E-state index in [0.29, 0.717) is 31.8 Å². The zero-order valence-corrected chi connectivity index (χ0v) is 21.8. The third-order valence-electron chi connectivity index (χ3n) is 5.24. The summed E-state index contributed by atoms with van der Waals surface area (Å²) >= 11 is 6.92. The van der Waals surface area contributed by atoms with Crippen LogP contribution >= 0.6 is 31.9 Å². The summed E-state index contributed by atoms with van der Waals surface area (Å²) in [5.41, 5.74) is 1.96. The minimum absolute atomic E-state index is 0.0349. The minimum Gasteiger partial charge on any atom is -0.487 e. The quantitative estimate of drug-likeness (QED) is 0.165. The van der Waals surface area contributed by atoms with Crippen molar-refractivity contribution in [3.63, 3.8) is 0 Å². The third kappa shape index (κ3) is 5.37. The highest BCUT2D eigenvalue weighted by molar-refractivity contribution is 9.11. The Morgan fingerprint density at radius 2 is 1.69 bits per heavy atom. The number of nitrogens with zero attached hydrogens (tertiary/aromatic N) is 2. The van der Waals surface area contributed by atoms with Crippen molar-refractivity contribution in [3.05, 3.63) is 102 Å². The molecule has 0 bridgehead atoms. The molecule has 4 amide bonds. The molecule has 36 heavy (non-hydrogen) atoms. The van der Waals surface area contributed by atoms with Crippen LogP contribution in [0.4, 0.5) is 16.2 Å². The van der Waals surface area contributed by atoms with Crippen LogP contribution in [0.1, 0.15) is 16.7 Å². The number of aryl methyl sites for hydroxylation is 1. The second-order valence-corrected chi connectivity index (χ2v) is 9.53. The van der Waals surface area contributed by atoms with Crippen molar-refractivity contribution in [2.45, 2.75) is 13.5 Å². The first kappa shape index (κ1) is 25.3. The lowest BCUT2D eigenvalue weighted by molar-refractivity contribution is -0.384. The normalized spacial score (nSPS) is 14.7. The lowest BCUT2D eigenvalue weighted by Crippen LogP contribution is -2.54. The van der Waals surface area contributed by atoms with Gasteiger partial charge in [0.1, 0.15) is 17.9 Å². The number of carbonyl (C=O) groups is 3. The van der Waals surface area contributed by atoms with Crippen molar-refractivity contribution < 1.29 is 24.0 Å². The maximum absolute atomic E-state index is 13.1. The summed E-state index contributed by atoms with van der Waals surface area (Å²) in [6.07, 6.45) is 1.33. The van der Waals surface area contributed by atoms with Gasteiger partial charge in [-0.3, -0.25) is 25.0 Å². The van der Waals surface area contributed by atoms with E-state index >= 15 is 0 Å². The van der Waals surface area contributed by atoms with Crippen LogP contribution in [0.2, 0.25) is 0 Å². The van der Waals surface area contributed by atoms with Crippen LogP contribution < -0.4 is 15.0 Å². The molecule has 0 atom stereocenters. The molecule has 3 aromatic carbocycles. The third-order valence-corrected chi connectivity index (χ3v) is 6.41. The second kappa shape index (κ2) is 10.4. The Bertz CT molecular complexity index is 1410. The average Bonchev–Trinajstić information content (AvgIpc) is 2.82. The number of urea groups is 1. The highest BCUT2D eigenvalue weighted by Crippen LogP contribution is 2.36. The minimum atomic E-state index is -0.995. The van der Waals surface area contributed by atoms with Gasteiger partial charge in [-0.05, 0) is 74.2 Å². The number of carbonyl (C=O) groups excluding carboxylic acids is 3. The summed E-state index contributed by atoms with van der Waals surface area (Å²) in [5.74, 6) is -1.25. The lowest BCUT2D eigenvalue weighted by atomic mass is 10.1. The molecule has 0 saturated carbocycles. The average molecular weight is 615 g/mol. The number of nitro benzene ring substituents is 1. The Hall–Kier alpha value is -3.83. The van der Waals surface area contributed by atoms with Crippen LogP contribution in [0.5, 0.6) is 5.75 Å². The van der Waals surface area contributed by atoms with Gasteiger partial charge < -0.3 is 4.74 Å². The Morgan fingerprint density at radius 3 is 2.33 bits per heavy atom. The number of ether oxygens (including phenoxy) is 1. The number of non-ortho nitro benzene ring substituents is 1. The van der Waals surface area contributed by atoms with Gasteiger partial charge in [-0.15, -0.1) is 0 Å². The first-order chi connectivity index (χ1) is 17.1. The molecule has 0 aromatic heterocycles. The van der Waals surface area contributed by atoms with Gasteiger partial charge >= 0.3 is 6.03 Å². The van der Waals surface area contributed by atoms with E-state index in [1.165, 1.54) is 24.3 Å². The number of halogens is 2. The fraction of sp³-hybridized carbons (Fsp3) is 0.0800. The van der Waals surface area contributed by atoms with E-state index in [2.05, 4.69) is 37.2 Å². The van der Waals surface area contributed by atoms with Crippen molar-refractivity contribution in [2.24, 2.45) is 0 Å². The molecule has 0 aliphatic carbocycles. The van der Waals surface area contributed by atoms with Gasteiger partial charge in [-0.2, -0.15) is 0 Å². The number of hydrogen-bond donors (Lipinski definition) is 1. The lowest BCUT2D eigenvalue weighted by Gasteiger charge is -2.26. The molecular formula is C25H17Br2N3O6. The molecular weight excluding hydrogens is 598 g/mol. The van der Waals surface area contributed by atoms with E-state index in [9.17, 15) is 24.5 Å². The van der Waals surface area contributed by atoms with Crippen LogP contribution in [-0.4, -0.2) is 22.8 Å². The second-order valence-electron chi connectivity index (χ2n) is 7.82. The van der Waals surface area contributed by atoms with Gasteiger partial charge in [-0.25, -0.2) is 9.69 Å². The van der Waals surface area contributed by atoms with Gasteiger partial charge in [0.15, 0.2) is 0 Å². The number of amides is 4. The van der Waals surface area contributed by atoms with Gasteiger partial charge in [0.05, 0.1) is 19.6 Å². The summed E-state index contributed by atoms with van der Waals surface area (Å²) < 4.78 is 7.08. The van der Waals surface area contributed by atoms with Gasteiger partial charge in [0.2, 0.25) is 0 Å². The maximum atomic E-state index is 13.1. The summed E-state index contributed by atoms with van der Waals surface area (Å²) in [7, 11) is 0. The maximum Gasteiger partial charge on any atom is 0.335 e. The highest BCUT2D eigenvalue weighted by Gasteiger charge is 2.37. The highest BCUT2D eigenvalue weighted by atomic mass is 79.9. The number of rotatable bonds is 6. The first-order valence-electron chi connectivity index (χ1n) is 10.5. The number of hydrogen-bond acceptors (Lipinski definition) is 6. The molecule has 0 unspecified atom stereocenters. The number of anilines is 1. The van der Waals surface area contributed by atoms with E-state index < -0.39 is 22.8 Å². The zero-order chi connectivity index (χ0) is 26.0. The standard InChI is InChI=1S/C25H17Br2N3O6/c1-14-5-7-15(8-6-14)13-36-22-20(26)10-16(11-21(22)27)9-19-23(31)28-25(33)29(24(19)32)17-3-2-4-18(12-17)30(34)35/h2-12H,13H2,1H3,(H,28,31,33)/b19-9+. The van der Waals surface area contributed by atoms with Crippen LogP contribution in [0.25, 0.3) is 6.08 Å². The van der Waals surface area contributed by atoms with Crippen LogP contribution in [0.3, 0.4) is 0 Å². The SMILES string of the molecule is Cc1ccc(COc2c(Br)cc(/C=C3\C(=O)NC(=O)N(c4cccc([N+](=O)[O-])c4)C3=O)cc2Br)cc1.